The van der Waals surface area contributed by atoms with Crippen LogP contribution in [0.15, 0.2) is 53.4 Å². The molecule has 1 unspecified atom stereocenters. The lowest BCUT2D eigenvalue weighted by atomic mass is 10.3. The first kappa shape index (κ1) is 17.2. The van der Waals surface area contributed by atoms with E-state index in [4.69, 9.17) is 10.9 Å². The zero-order valence-electron chi connectivity index (χ0n) is 14.5. The molecule has 2 aromatic carbocycles. The second-order valence-corrected chi connectivity index (χ2v) is 6.87. The van der Waals surface area contributed by atoms with Crippen molar-refractivity contribution in [2.45, 2.75) is 18.4 Å². The molecule has 0 bridgehead atoms. The molecule has 9 nitrogen and oxygen atoms in total. The number of benzene rings is 2. The highest BCUT2D eigenvalue weighted by molar-refractivity contribution is 7.82. The Hall–Kier alpha value is -3.24. The first-order valence-electron chi connectivity index (χ1n) is 8.28. The second kappa shape index (κ2) is 6.82. The van der Waals surface area contributed by atoms with Gasteiger partial charge in [0.1, 0.15) is 11.0 Å². The number of aromatic nitrogens is 5. The van der Waals surface area contributed by atoms with Crippen LogP contribution < -0.4 is 16.2 Å². The van der Waals surface area contributed by atoms with Crippen LogP contribution >= 0.6 is 0 Å². The minimum atomic E-state index is -1.56. The van der Waals surface area contributed by atoms with E-state index >= 15 is 0 Å². The molecule has 0 saturated heterocycles. The number of hydrogen-bond donors (Lipinski definition) is 3. The van der Waals surface area contributed by atoms with Gasteiger partial charge in [0, 0.05) is 12.2 Å². The van der Waals surface area contributed by atoms with Gasteiger partial charge in [0.05, 0.1) is 15.9 Å². The highest BCUT2D eigenvalue weighted by atomic mass is 32.2. The Kier molecular flexibility index (Phi) is 4.34. The number of para-hydroxylation sites is 2. The molecule has 0 aliphatic rings. The van der Waals surface area contributed by atoms with Crippen LogP contribution in [0.2, 0.25) is 0 Å². The maximum absolute atomic E-state index is 11.4. The Bertz CT molecular complexity index is 1150. The van der Waals surface area contributed by atoms with E-state index in [1.807, 2.05) is 35.8 Å². The third kappa shape index (κ3) is 3.15. The summed E-state index contributed by atoms with van der Waals surface area (Å²) in [5, 5.41) is 12.9. The summed E-state index contributed by atoms with van der Waals surface area (Å²) in [5.41, 5.74) is 8.59. The first-order valence-corrected chi connectivity index (χ1v) is 9.49. The lowest BCUT2D eigenvalue weighted by Crippen LogP contribution is -2.10. The first-order chi connectivity index (χ1) is 13.1. The molecule has 1 atom stereocenters. The molecule has 0 spiro atoms. The van der Waals surface area contributed by atoms with Crippen molar-refractivity contribution in [2.75, 3.05) is 11.1 Å². The van der Waals surface area contributed by atoms with Gasteiger partial charge in [-0.15, -0.1) is 5.10 Å². The fourth-order valence-electron chi connectivity index (χ4n) is 2.89. The van der Waals surface area contributed by atoms with Crippen molar-refractivity contribution in [3.05, 3.63) is 48.5 Å². The van der Waals surface area contributed by atoms with E-state index in [9.17, 15) is 4.21 Å². The Morgan fingerprint density at radius 1 is 1.15 bits per heavy atom. The standard InChI is InChI=1S/C17H18N8OS/c1-2-24-14-9-4-3-8-13(14)21-17(24)25-15(18)22-16(23-25)20-11-6-5-7-12(10-11)27(19)26/h3-10H,2,19H2,1H3,(H3,18,20,22,23). The largest absolute Gasteiger partial charge is 0.368 e. The molecular formula is C17H18N8OS. The molecule has 0 aliphatic heterocycles. The van der Waals surface area contributed by atoms with Gasteiger partial charge in [0.2, 0.25) is 17.8 Å². The SMILES string of the molecule is CCn1c(-n2nc(Nc3cccc(S(N)=O)c3)nc2N)nc2ccccc21. The molecule has 0 amide bonds. The van der Waals surface area contributed by atoms with Crippen LogP contribution in [-0.2, 0) is 17.5 Å². The number of nitrogen functional groups attached to an aromatic ring is 1. The van der Waals surface area contributed by atoms with Crippen LogP contribution in [0, 0.1) is 0 Å². The van der Waals surface area contributed by atoms with Gasteiger partial charge in [-0.25, -0.2) is 14.3 Å². The number of hydrogen-bond acceptors (Lipinski definition) is 6. The van der Waals surface area contributed by atoms with Gasteiger partial charge in [0.25, 0.3) is 0 Å². The number of imidazole rings is 1. The minimum absolute atomic E-state index is 0.209. The summed E-state index contributed by atoms with van der Waals surface area (Å²) in [6, 6.07) is 14.8. The molecule has 0 fully saturated rings. The topological polar surface area (TPSA) is 130 Å². The smallest absolute Gasteiger partial charge is 0.248 e. The molecule has 0 radical (unpaired) electrons. The summed E-state index contributed by atoms with van der Waals surface area (Å²) in [5.74, 6) is 1.11. The van der Waals surface area contributed by atoms with Gasteiger partial charge in [-0.05, 0) is 37.3 Å². The van der Waals surface area contributed by atoms with Crippen molar-refractivity contribution in [3.63, 3.8) is 0 Å². The van der Waals surface area contributed by atoms with Crippen molar-refractivity contribution in [2.24, 2.45) is 5.14 Å². The van der Waals surface area contributed by atoms with Crippen LogP contribution in [-0.4, -0.2) is 28.5 Å². The monoisotopic (exact) mass is 382 g/mol. The van der Waals surface area contributed by atoms with E-state index in [0.29, 0.717) is 29.0 Å². The number of anilines is 3. The van der Waals surface area contributed by atoms with Crippen molar-refractivity contribution in [3.8, 4) is 5.95 Å². The molecule has 4 rings (SSSR count). The van der Waals surface area contributed by atoms with E-state index < -0.39 is 11.0 Å². The Balaban J connectivity index is 1.72. The zero-order chi connectivity index (χ0) is 19.0. The zero-order valence-corrected chi connectivity index (χ0v) is 15.3. The third-order valence-corrected chi connectivity index (χ3v) is 4.81. The highest BCUT2D eigenvalue weighted by Gasteiger charge is 2.16. The highest BCUT2D eigenvalue weighted by Crippen LogP contribution is 2.22. The van der Waals surface area contributed by atoms with E-state index in [2.05, 4.69) is 20.4 Å². The van der Waals surface area contributed by atoms with Crippen LogP contribution in [0.3, 0.4) is 0 Å². The number of nitrogens with one attached hydrogen (secondary N) is 1. The van der Waals surface area contributed by atoms with E-state index in [0.717, 1.165) is 11.0 Å². The number of aryl methyl sites for hydroxylation is 1. The second-order valence-electron chi connectivity index (χ2n) is 5.80. The molecule has 4 aromatic rings. The normalized spacial score (nSPS) is 12.4. The number of nitrogens with zero attached hydrogens (tertiary/aromatic N) is 5. The van der Waals surface area contributed by atoms with Gasteiger partial charge in [0.15, 0.2) is 0 Å². The lowest BCUT2D eigenvalue weighted by molar-refractivity contribution is 0.684. The minimum Gasteiger partial charge on any atom is -0.368 e. The van der Waals surface area contributed by atoms with Gasteiger partial charge in [-0.1, -0.05) is 18.2 Å². The number of rotatable bonds is 5. The molecule has 10 heteroatoms. The quantitative estimate of drug-likeness (QED) is 0.484. The summed E-state index contributed by atoms with van der Waals surface area (Å²) in [4.78, 5) is 9.39. The van der Waals surface area contributed by atoms with Gasteiger partial charge >= 0.3 is 0 Å². The molecule has 5 N–H and O–H groups in total. The third-order valence-electron chi connectivity index (χ3n) is 4.09. The summed E-state index contributed by atoms with van der Waals surface area (Å²) in [7, 11) is -1.56. The molecular weight excluding hydrogens is 364 g/mol. The average molecular weight is 382 g/mol. The molecule has 138 valence electrons. The molecule has 0 saturated carbocycles. The lowest BCUT2D eigenvalue weighted by Gasteiger charge is -2.06. The van der Waals surface area contributed by atoms with Crippen LogP contribution in [0.4, 0.5) is 17.6 Å². The number of nitrogens with two attached hydrogens (primary N) is 2. The molecule has 0 aliphatic carbocycles. The van der Waals surface area contributed by atoms with Crippen LogP contribution in [0.5, 0.6) is 0 Å². The van der Waals surface area contributed by atoms with Crippen molar-refractivity contribution in [1.82, 2.24) is 24.3 Å². The predicted octanol–water partition coefficient (Wildman–Crippen LogP) is 1.94. The van der Waals surface area contributed by atoms with Crippen LogP contribution in [0.25, 0.3) is 17.0 Å². The predicted molar refractivity (Wildman–Crippen MR) is 105 cm³/mol. The average Bonchev–Trinajstić information content (AvgIpc) is 3.21. The van der Waals surface area contributed by atoms with Gasteiger partial charge < -0.3 is 15.6 Å². The van der Waals surface area contributed by atoms with Crippen LogP contribution in [0.1, 0.15) is 6.92 Å². The van der Waals surface area contributed by atoms with E-state index in [-0.39, 0.29) is 5.95 Å². The number of fused-ring (bicyclic) bond motifs is 1. The van der Waals surface area contributed by atoms with Crippen molar-refractivity contribution in [1.29, 1.82) is 0 Å². The van der Waals surface area contributed by atoms with E-state index in [1.165, 1.54) is 4.68 Å². The van der Waals surface area contributed by atoms with Gasteiger partial charge in [-0.2, -0.15) is 9.67 Å². The summed E-state index contributed by atoms with van der Waals surface area (Å²) in [6.45, 7) is 2.74. The molecule has 2 heterocycles. The fraction of sp³-hybridized carbons (Fsp3) is 0.118. The summed E-state index contributed by atoms with van der Waals surface area (Å²) in [6.07, 6.45) is 0. The Morgan fingerprint density at radius 2 is 1.96 bits per heavy atom. The van der Waals surface area contributed by atoms with E-state index in [1.54, 1.807) is 24.3 Å². The Morgan fingerprint density at radius 3 is 2.74 bits per heavy atom. The van der Waals surface area contributed by atoms with Crippen molar-refractivity contribution < 1.29 is 4.21 Å². The maximum Gasteiger partial charge on any atom is 0.248 e. The van der Waals surface area contributed by atoms with Gasteiger partial charge in [-0.3, -0.25) is 0 Å². The summed E-state index contributed by atoms with van der Waals surface area (Å²) < 4.78 is 15.0. The Labute approximate surface area is 157 Å². The summed E-state index contributed by atoms with van der Waals surface area (Å²) >= 11 is 0. The fourth-order valence-corrected chi connectivity index (χ4v) is 3.34. The van der Waals surface area contributed by atoms with Crippen molar-refractivity contribution >= 4 is 39.6 Å². The maximum atomic E-state index is 11.4. The molecule has 27 heavy (non-hydrogen) atoms. The molecule has 2 aromatic heterocycles.